The first kappa shape index (κ1) is 20.0. The molecule has 0 radical (unpaired) electrons. The van der Waals surface area contributed by atoms with Crippen LogP contribution in [0.25, 0.3) is 10.2 Å². The number of rotatable bonds is 7. The number of amides is 1. The first-order valence-corrected chi connectivity index (χ1v) is 9.96. The number of fused-ring (bicyclic) bond motifs is 1. The molecule has 0 bridgehead atoms. The molecule has 3 aromatic rings. The lowest BCUT2D eigenvalue weighted by Crippen LogP contribution is -2.42. The molecule has 0 fully saturated rings. The van der Waals surface area contributed by atoms with Gasteiger partial charge in [0.05, 0.1) is 5.52 Å². The van der Waals surface area contributed by atoms with Crippen LogP contribution in [0.3, 0.4) is 0 Å². The molecule has 28 heavy (non-hydrogen) atoms. The summed E-state index contributed by atoms with van der Waals surface area (Å²) in [4.78, 5) is 37.9. The molecule has 0 saturated heterocycles. The van der Waals surface area contributed by atoms with E-state index in [0.29, 0.717) is 29.1 Å². The number of halogens is 1. The Balaban J connectivity index is 1.84. The number of nitrogens with one attached hydrogen (secondary N) is 1. The molecule has 148 valence electrons. The van der Waals surface area contributed by atoms with Gasteiger partial charge in [0.2, 0.25) is 5.91 Å². The summed E-state index contributed by atoms with van der Waals surface area (Å²) < 4.78 is 16.0. The van der Waals surface area contributed by atoms with Crippen LogP contribution in [0.4, 0.5) is 4.39 Å². The summed E-state index contributed by atoms with van der Waals surface area (Å²) >= 11 is 1.26. The van der Waals surface area contributed by atoms with Crippen molar-refractivity contribution in [3.63, 3.8) is 0 Å². The smallest absolute Gasteiger partial charge is 0.332 e. The quantitative estimate of drug-likeness (QED) is 0.659. The normalized spacial score (nSPS) is 11.3. The van der Waals surface area contributed by atoms with Gasteiger partial charge in [0.25, 0.3) is 5.56 Å². The van der Waals surface area contributed by atoms with Crippen LogP contribution in [0.15, 0.2) is 45.3 Å². The van der Waals surface area contributed by atoms with E-state index in [1.54, 1.807) is 23.6 Å². The summed E-state index contributed by atoms with van der Waals surface area (Å²) in [6, 6.07) is 7.51. The topological polar surface area (TPSA) is 73.1 Å². The second-order valence-electron chi connectivity index (χ2n) is 7.05. The third-order valence-electron chi connectivity index (χ3n) is 4.47. The van der Waals surface area contributed by atoms with Gasteiger partial charge in [0.1, 0.15) is 17.1 Å². The van der Waals surface area contributed by atoms with E-state index in [1.165, 1.54) is 32.6 Å². The number of carbonyl (C=O) groups excluding carboxylic acids is 1. The second-order valence-corrected chi connectivity index (χ2v) is 7.96. The third kappa shape index (κ3) is 4.39. The molecule has 2 heterocycles. The molecule has 0 spiro atoms. The maximum atomic E-state index is 13.0. The van der Waals surface area contributed by atoms with E-state index >= 15 is 0 Å². The van der Waals surface area contributed by atoms with Crippen molar-refractivity contribution in [2.45, 2.75) is 39.9 Å². The predicted molar refractivity (Wildman–Crippen MR) is 108 cm³/mol. The van der Waals surface area contributed by atoms with Gasteiger partial charge in [-0.2, -0.15) is 0 Å². The minimum absolute atomic E-state index is 0.185. The average molecular weight is 403 g/mol. The van der Waals surface area contributed by atoms with Gasteiger partial charge in [-0.3, -0.25) is 18.7 Å². The highest BCUT2D eigenvalue weighted by atomic mass is 32.1. The van der Waals surface area contributed by atoms with Crippen LogP contribution in [0, 0.1) is 11.7 Å². The molecule has 0 saturated carbocycles. The molecule has 0 aliphatic heterocycles. The lowest BCUT2D eigenvalue weighted by Gasteiger charge is -2.13. The maximum Gasteiger partial charge on any atom is 0.332 e. The second kappa shape index (κ2) is 8.52. The van der Waals surface area contributed by atoms with E-state index in [1.807, 2.05) is 13.8 Å². The van der Waals surface area contributed by atoms with E-state index in [0.717, 1.165) is 5.56 Å². The van der Waals surface area contributed by atoms with Crippen molar-refractivity contribution in [3.8, 4) is 0 Å². The molecule has 0 atom stereocenters. The average Bonchev–Trinajstić information content (AvgIpc) is 3.14. The van der Waals surface area contributed by atoms with Gasteiger partial charge in [-0.05, 0) is 41.5 Å². The molecule has 1 aromatic carbocycles. The van der Waals surface area contributed by atoms with Crippen LogP contribution in [-0.4, -0.2) is 15.0 Å². The molecular weight excluding hydrogens is 381 g/mol. The van der Waals surface area contributed by atoms with Crippen molar-refractivity contribution >= 4 is 27.5 Å². The number of hydrogen-bond acceptors (Lipinski definition) is 4. The summed E-state index contributed by atoms with van der Waals surface area (Å²) in [5, 5.41) is 4.47. The number of benzene rings is 1. The molecule has 1 amide bonds. The highest BCUT2D eigenvalue weighted by molar-refractivity contribution is 7.17. The van der Waals surface area contributed by atoms with E-state index in [2.05, 4.69) is 5.32 Å². The molecule has 0 aliphatic rings. The van der Waals surface area contributed by atoms with E-state index in [-0.39, 0.29) is 30.4 Å². The van der Waals surface area contributed by atoms with Crippen molar-refractivity contribution in [1.82, 2.24) is 14.5 Å². The van der Waals surface area contributed by atoms with Crippen molar-refractivity contribution in [2.24, 2.45) is 5.92 Å². The first-order valence-electron chi connectivity index (χ1n) is 9.09. The molecule has 6 nitrogen and oxygen atoms in total. The molecule has 8 heteroatoms. The van der Waals surface area contributed by atoms with Crippen LogP contribution >= 0.6 is 11.3 Å². The van der Waals surface area contributed by atoms with Gasteiger partial charge in [-0.15, -0.1) is 11.3 Å². The van der Waals surface area contributed by atoms with Crippen LogP contribution < -0.4 is 16.6 Å². The van der Waals surface area contributed by atoms with Gasteiger partial charge in [-0.1, -0.05) is 26.0 Å². The minimum Gasteiger partial charge on any atom is -0.350 e. The fraction of sp³-hybridized carbons (Fsp3) is 0.350. The molecule has 0 aliphatic carbocycles. The predicted octanol–water partition coefficient (Wildman–Crippen LogP) is 2.73. The Morgan fingerprint density at radius 2 is 1.86 bits per heavy atom. The Morgan fingerprint density at radius 3 is 2.54 bits per heavy atom. The Morgan fingerprint density at radius 1 is 1.14 bits per heavy atom. The molecule has 1 N–H and O–H groups in total. The van der Waals surface area contributed by atoms with Crippen LogP contribution in [0.2, 0.25) is 0 Å². The van der Waals surface area contributed by atoms with Gasteiger partial charge in [0, 0.05) is 13.1 Å². The fourth-order valence-electron chi connectivity index (χ4n) is 2.87. The molecule has 3 rings (SSSR count). The van der Waals surface area contributed by atoms with Gasteiger partial charge >= 0.3 is 5.69 Å². The summed E-state index contributed by atoms with van der Waals surface area (Å²) in [6.45, 7) is 4.41. The summed E-state index contributed by atoms with van der Waals surface area (Å²) in [5.74, 6) is -0.351. The van der Waals surface area contributed by atoms with Crippen molar-refractivity contribution in [1.29, 1.82) is 0 Å². The number of thiophene rings is 1. The Kier molecular flexibility index (Phi) is 6.08. The zero-order valence-electron chi connectivity index (χ0n) is 15.8. The fourth-order valence-corrected chi connectivity index (χ4v) is 3.72. The number of aromatic nitrogens is 2. The summed E-state index contributed by atoms with van der Waals surface area (Å²) in [5.41, 5.74) is 0.439. The SMILES string of the molecule is CC(C)CCn1c(=O)c2sccc2n(CC(=O)NCc2ccc(F)cc2)c1=O. The minimum atomic E-state index is -0.478. The van der Waals surface area contributed by atoms with Crippen LogP contribution in [0.5, 0.6) is 0 Å². The van der Waals surface area contributed by atoms with E-state index in [4.69, 9.17) is 0 Å². The van der Waals surface area contributed by atoms with Gasteiger partial charge in [0.15, 0.2) is 0 Å². The number of carbonyl (C=O) groups is 1. The van der Waals surface area contributed by atoms with Crippen LogP contribution in [-0.2, 0) is 24.4 Å². The van der Waals surface area contributed by atoms with Crippen LogP contribution in [0.1, 0.15) is 25.8 Å². The zero-order valence-corrected chi connectivity index (χ0v) is 16.6. The Hall–Kier alpha value is -2.74. The Bertz CT molecular complexity index is 1100. The third-order valence-corrected chi connectivity index (χ3v) is 5.36. The number of nitrogens with zero attached hydrogens (tertiary/aromatic N) is 2. The lowest BCUT2D eigenvalue weighted by atomic mass is 10.1. The Labute approximate surface area is 165 Å². The maximum absolute atomic E-state index is 13.0. The molecular formula is C20H22FN3O3S. The standard InChI is InChI=1S/C20H22FN3O3S/c1-13(2)7-9-23-19(26)18-16(8-10-28-18)24(20(23)27)12-17(25)22-11-14-3-5-15(21)6-4-14/h3-6,8,10,13H,7,9,11-12H2,1-2H3,(H,22,25). The van der Waals surface area contributed by atoms with E-state index in [9.17, 15) is 18.8 Å². The van der Waals surface area contributed by atoms with E-state index < -0.39 is 5.69 Å². The largest absolute Gasteiger partial charge is 0.350 e. The number of hydrogen-bond donors (Lipinski definition) is 1. The van der Waals surface area contributed by atoms with Crippen molar-refractivity contribution in [3.05, 3.63) is 67.9 Å². The molecule has 2 aromatic heterocycles. The first-order chi connectivity index (χ1) is 13.4. The van der Waals surface area contributed by atoms with Crippen molar-refractivity contribution < 1.29 is 9.18 Å². The summed E-state index contributed by atoms with van der Waals surface area (Å²) in [6.07, 6.45) is 0.697. The van der Waals surface area contributed by atoms with Gasteiger partial charge < -0.3 is 5.32 Å². The van der Waals surface area contributed by atoms with Gasteiger partial charge in [-0.25, -0.2) is 9.18 Å². The highest BCUT2D eigenvalue weighted by Gasteiger charge is 2.16. The highest BCUT2D eigenvalue weighted by Crippen LogP contribution is 2.15. The monoisotopic (exact) mass is 403 g/mol. The summed E-state index contributed by atoms with van der Waals surface area (Å²) in [7, 11) is 0. The molecule has 0 unspecified atom stereocenters. The lowest BCUT2D eigenvalue weighted by molar-refractivity contribution is -0.121. The van der Waals surface area contributed by atoms with Crippen molar-refractivity contribution in [2.75, 3.05) is 0 Å². The zero-order chi connectivity index (χ0) is 20.3.